The number of halogens is 1. The fraction of sp³-hybridized carbons (Fsp3) is 0.200. The van der Waals surface area contributed by atoms with Gasteiger partial charge in [0.2, 0.25) is 0 Å². The highest BCUT2D eigenvalue weighted by Crippen LogP contribution is 2.18. The van der Waals surface area contributed by atoms with Gasteiger partial charge in [0.25, 0.3) is 5.91 Å². The number of hydrogen-bond donors (Lipinski definition) is 1. The van der Waals surface area contributed by atoms with Crippen molar-refractivity contribution in [3.8, 4) is 0 Å². The van der Waals surface area contributed by atoms with E-state index in [1.165, 1.54) is 18.2 Å². The highest BCUT2D eigenvalue weighted by molar-refractivity contribution is 5.96. The van der Waals surface area contributed by atoms with Crippen LogP contribution < -0.4 is 5.32 Å². The number of rotatable bonds is 6. The largest absolute Gasteiger partial charge is 0.467 e. The Morgan fingerprint density at radius 3 is 2.70 bits per heavy atom. The van der Waals surface area contributed by atoms with Gasteiger partial charge in [-0.3, -0.25) is 4.79 Å². The van der Waals surface area contributed by atoms with Gasteiger partial charge in [0.1, 0.15) is 11.6 Å². The van der Waals surface area contributed by atoms with Crippen molar-refractivity contribution in [3.63, 3.8) is 0 Å². The zero-order valence-electron chi connectivity index (χ0n) is 15.0. The first-order valence-electron chi connectivity index (χ1n) is 8.35. The zero-order chi connectivity index (χ0) is 19.4. The molecule has 140 valence electrons. The van der Waals surface area contributed by atoms with E-state index in [1.54, 1.807) is 31.4 Å². The number of furan rings is 1. The maximum absolute atomic E-state index is 13.1. The lowest BCUT2D eigenvalue weighted by molar-refractivity contribution is -0.119. The maximum Gasteiger partial charge on any atom is 0.340 e. The number of ether oxygens (including phenoxy) is 1. The van der Waals surface area contributed by atoms with Gasteiger partial charge in [0, 0.05) is 17.1 Å². The molecular formula is C20H19FN2O4. The Balaban J connectivity index is 1.62. The molecule has 7 heteroatoms. The monoisotopic (exact) mass is 370 g/mol. The second-order valence-corrected chi connectivity index (χ2v) is 6.08. The molecule has 0 saturated carbocycles. The van der Waals surface area contributed by atoms with Crippen molar-refractivity contribution < 1.29 is 23.1 Å². The van der Waals surface area contributed by atoms with Crippen molar-refractivity contribution in [2.24, 2.45) is 0 Å². The van der Waals surface area contributed by atoms with E-state index in [-0.39, 0.29) is 0 Å². The Hall–Kier alpha value is -3.35. The first-order chi connectivity index (χ1) is 12.9. The number of nitrogens with one attached hydrogen (secondary N) is 1. The summed E-state index contributed by atoms with van der Waals surface area (Å²) in [5.74, 6) is -0.832. The number of benzene rings is 1. The molecule has 0 bridgehead atoms. The SMILES string of the molecule is Cc1cc(C(=O)OCC(=O)Nc2cccc(F)c2)c(C)n1Cc1ccco1. The fourth-order valence-electron chi connectivity index (χ4n) is 2.78. The summed E-state index contributed by atoms with van der Waals surface area (Å²) in [4.78, 5) is 24.2. The van der Waals surface area contributed by atoms with Gasteiger partial charge in [0.15, 0.2) is 6.61 Å². The van der Waals surface area contributed by atoms with Gasteiger partial charge in [0.05, 0.1) is 18.4 Å². The maximum atomic E-state index is 13.1. The van der Waals surface area contributed by atoms with Crippen LogP contribution in [-0.2, 0) is 16.1 Å². The molecule has 3 aromatic rings. The normalized spacial score (nSPS) is 10.6. The number of carbonyl (C=O) groups is 2. The molecule has 6 nitrogen and oxygen atoms in total. The van der Waals surface area contributed by atoms with Crippen LogP contribution in [0.2, 0.25) is 0 Å². The summed E-state index contributed by atoms with van der Waals surface area (Å²) in [6.45, 7) is 3.72. The van der Waals surface area contributed by atoms with E-state index in [9.17, 15) is 14.0 Å². The van der Waals surface area contributed by atoms with E-state index in [2.05, 4.69) is 5.32 Å². The summed E-state index contributed by atoms with van der Waals surface area (Å²) in [6.07, 6.45) is 1.59. The Morgan fingerprint density at radius 1 is 1.19 bits per heavy atom. The summed E-state index contributed by atoms with van der Waals surface area (Å²) in [7, 11) is 0. The quantitative estimate of drug-likeness (QED) is 0.672. The lowest BCUT2D eigenvalue weighted by Crippen LogP contribution is -2.21. The van der Waals surface area contributed by atoms with E-state index < -0.39 is 24.3 Å². The van der Waals surface area contributed by atoms with E-state index in [0.29, 0.717) is 17.8 Å². The van der Waals surface area contributed by atoms with Gasteiger partial charge < -0.3 is 19.0 Å². The molecule has 0 aliphatic heterocycles. The van der Waals surface area contributed by atoms with E-state index >= 15 is 0 Å². The molecule has 0 aliphatic rings. The van der Waals surface area contributed by atoms with Crippen LogP contribution in [0.5, 0.6) is 0 Å². The minimum absolute atomic E-state index is 0.299. The third-order valence-electron chi connectivity index (χ3n) is 4.13. The van der Waals surface area contributed by atoms with Crippen molar-refractivity contribution in [2.75, 3.05) is 11.9 Å². The summed E-state index contributed by atoms with van der Waals surface area (Å²) in [6, 6.07) is 10.8. The summed E-state index contributed by atoms with van der Waals surface area (Å²) in [5, 5.41) is 2.48. The van der Waals surface area contributed by atoms with Gasteiger partial charge in [-0.25, -0.2) is 9.18 Å². The number of nitrogens with zero attached hydrogens (tertiary/aromatic N) is 1. The highest BCUT2D eigenvalue weighted by atomic mass is 19.1. The molecule has 1 N–H and O–H groups in total. The van der Waals surface area contributed by atoms with Crippen LogP contribution in [0.1, 0.15) is 27.5 Å². The second-order valence-electron chi connectivity index (χ2n) is 6.08. The van der Waals surface area contributed by atoms with Crippen LogP contribution in [0.25, 0.3) is 0 Å². The van der Waals surface area contributed by atoms with Gasteiger partial charge in [-0.2, -0.15) is 0 Å². The molecule has 2 aromatic heterocycles. The van der Waals surface area contributed by atoms with E-state index in [4.69, 9.17) is 9.15 Å². The summed E-state index contributed by atoms with van der Waals surface area (Å²) < 4.78 is 25.5. The Kier molecular flexibility index (Phi) is 5.40. The van der Waals surface area contributed by atoms with Gasteiger partial charge in [-0.15, -0.1) is 0 Å². The van der Waals surface area contributed by atoms with Crippen LogP contribution in [0.3, 0.4) is 0 Å². The van der Waals surface area contributed by atoms with Crippen molar-refractivity contribution in [1.29, 1.82) is 0 Å². The lowest BCUT2D eigenvalue weighted by atomic mass is 10.2. The lowest BCUT2D eigenvalue weighted by Gasteiger charge is -2.08. The Morgan fingerprint density at radius 2 is 2.00 bits per heavy atom. The zero-order valence-corrected chi connectivity index (χ0v) is 15.0. The van der Waals surface area contributed by atoms with Crippen LogP contribution in [0, 0.1) is 19.7 Å². The molecule has 3 rings (SSSR count). The van der Waals surface area contributed by atoms with Crippen molar-refractivity contribution >= 4 is 17.6 Å². The van der Waals surface area contributed by atoms with E-state index in [1.807, 2.05) is 17.6 Å². The van der Waals surface area contributed by atoms with Gasteiger partial charge >= 0.3 is 5.97 Å². The number of hydrogen-bond acceptors (Lipinski definition) is 4. The predicted molar refractivity (Wildman–Crippen MR) is 97.0 cm³/mol. The fourth-order valence-corrected chi connectivity index (χ4v) is 2.78. The smallest absolute Gasteiger partial charge is 0.340 e. The summed E-state index contributed by atoms with van der Waals surface area (Å²) >= 11 is 0. The van der Waals surface area contributed by atoms with Crippen molar-refractivity contribution in [2.45, 2.75) is 20.4 Å². The van der Waals surface area contributed by atoms with Crippen LogP contribution in [0.4, 0.5) is 10.1 Å². The standard InChI is InChI=1S/C20H19FN2O4/c1-13-9-18(14(2)23(13)11-17-7-4-8-26-17)20(25)27-12-19(24)22-16-6-3-5-15(21)10-16/h3-10H,11-12H2,1-2H3,(H,22,24). The average Bonchev–Trinajstić information content (AvgIpc) is 3.23. The third-order valence-corrected chi connectivity index (χ3v) is 4.13. The molecule has 0 radical (unpaired) electrons. The molecule has 0 aliphatic carbocycles. The molecule has 0 saturated heterocycles. The number of anilines is 1. The minimum atomic E-state index is -0.594. The minimum Gasteiger partial charge on any atom is -0.467 e. The first kappa shape index (κ1) is 18.4. The number of aromatic nitrogens is 1. The van der Waals surface area contributed by atoms with Gasteiger partial charge in [-0.1, -0.05) is 6.07 Å². The Labute approximate surface area is 155 Å². The topological polar surface area (TPSA) is 73.5 Å². The van der Waals surface area contributed by atoms with Crippen molar-refractivity contribution in [3.05, 3.63) is 77.3 Å². The number of carbonyl (C=O) groups excluding carboxylic acids is 2. The predicted octanol–water partition coefficient (Wildman–Crippen LogP) is 3.68. The molecule has 0 fully saturated rings. The second kappa shape index (κ2) is 7.90. The number of aryl methyl sites for hydroxylation is 1. The van der Waals surface area contributed by atoms with E-state index in [0.717, 1.165) is 17.1 Å². The number of amides is 1. The molecule has 27 heavy (non-hydrogen) atoms. The molecule has 1 amide bonds. The van der Waals surface area contributed by atoms with Crippen LogP contribution in [-0.4, -0.2) is 23.1 Å². The highest BCUT2D eigenvalue weighted by Gasteiger charge is 2.18. The molecule has 0 atom stereocenters. The van der Waals surface area contributed by atoms with Crippen molar-refractivity contribution in [1.82, 2.24) is 4.57 Å². The van der Waals surface area contributed by atoms with Crippen LogP contribution in [0.15, 0.2) is 53.1 Å². The summed E-state index contributed by atoms with van der Waals surface area (Å²) in [5.41, 5.74) is 2.28. The Bertz CT molecular complexity index is 961. The number of esters is 1. The van der Waals surface area contributed by atoms with Gasteiger partial charge in [-0.05, 0) is 50.2 Å². The first-order valence-corrected chi connectivity index (χ1v) is 8.35. The average molecular weight is 370 g/mol. The molecule has 2 heterocycles. The van der Waals surface area contributed by atoms with Crippen LogP contribution >= 0.6 is 0 Å². The third kappa shape index (κ3) is 4.44. The molecule has 1 aromatic carbocycles. The molecule has 0 spiro atoms. The molecule has 0 unspecified atom stereocenters. The molecular weight excluding hydrogens is 351 g/mol.